The van der Waals surface area contributed by atoms with Crippen LogP contribution in [0.1, 0.15) is 59.5 Å². The number of carboxylic acid groups (broad SMARTS) is 2. The van der Waals surface area contributed by atoms with E-state index in [1.807, 2.05) is 0 Å². The molecule has 58 heavy (non-hydrogen) atoms. The minimum absolute atomic E-state index is 0.125. The van der Waals surface area contributed by atoms with Crippen LogP contribution in [0.2, 0.25) is 0 Å². The number of hydrogen-bond donors (Lipinski definition) is 8. The first-order chi connectivity index (χ1) is 27.3. The van der Waals surface area contributed by atoms with Gasteiger partial charge in [0.25, 0.3) is 11.8 Å². The minimum atomic E-state index is -1.35. The Balaban J connectivity index is 1.49. The number of amides is 4. The van der Waals surface area contributed by atoms with Gasteiger partial charge in [-0.25, -0.2) is 9.59 Å². The molecule has 0 atom stereocenters. The van der Waals surface area contributed by atoms with Gasteiger partial charge >= 0.3 is 11.9 Å². The number of nitrogens with one attached hydrogen (secondary N) is 4. The first-order valence-corrected chi connectivity index (χ1v) is 17.1. The molecule has 4 aromatic carbocycles. The molecule has 0 saturated heterocycles. The van der Waals surface area contributed by atoms with Crippen LogP contribution in [-0.2, 0) is 19.2 Å². The van der Waals surface area contributed by atoms with Gasteiger partial charge in [-0.2, -0.15) is 0 Å². The molecule has 4 rings (SSSR count). The lowest BCUT2D eigenvalue weighted by atomic mass is 10.00. The largest absolute Gasteiger partial charge is 0.510 e. The number of anilines is 4. The van der Waals surface area contributed by atoms with E-state index < -0.39 is 58.5 Å². The number of aromatic carboxylic acids is 2. The van der Waals surface area contributed by atoms with Crippen molar-refractivity contribution in [2.75, 3.05) is 21.3 Å². The molecule has 0 aromatic heterocycles. The summed E-state index contributed by atoms with van der Waals surface area (Å²) < 4.78 is 0. The van der Waals surface area contributed by atoms with Crippen LogP contribution in [0.15, 0.2) is 116 Å². The molecule has 0 fully saturated rings. The molecular formula is C40H38N8O10. The summed E-state index contributed by atoms with van der Waals surface area (Å²) in [7, 11) is 0. The second-order valence-corrected chi connectivity index (χ2v) is 12.7. The molecule has 0 radical (unpaired) electrons. The average molecular weight is 791 g/mol. The lowest BCUT2D eigenvalue weighted by Gasteiger charge is -2.13. The summed E-state index contributed by atoms with van der Waals surface area (Å²) in [5.74, 6) is -6.13. The van der Waals surface area contributed by atoms with Gasteiger partial charge in [-0.3, -0.25) is 19.2 Å². The molecule has 4 aromatic rings. The van der Waals surface area contributed by atoms with Gasteiger partial charge in [-0.15, -0.1) is 20.5 Å². The second kappa shape index (κ2) is 18.5. The van der Waals surface area contributed by atoms with E-state index in [1.165, 1.54) is 64.1 Å². The summed E-state index contributed by atoms with van der Waals surface area (Å²) in [5, 5.41) is 65.4. The molecule has 0 heterocycles. The molecular weight excluding hydrogens is 752 g/mol. The zero-order valence-corrected chi connectivity index (χ0v) is 32.0. The molecule has 0 bridgehead atoms. The predicted molar refractivity (Wildman–Crippen MR) is 214 cm³/mol. The van der Waals surface area contributed by atoms with E-state index >= 15 is 0 Å². The fourth-order valence-corrected chi connectivity index (χ4v) is 5.25. The number of carboxylic acids is 2. The molecule has 0 unspecified atom stereocenters. The van der Waals surface area contributed by atoms with Gasteiger partial charge in [0.05, 0.1) is 11.1 Å². The summed E-state index contributed by atoms with van der Waals surface area (Å²) in [4.78, 5) is 72.7. The van der Waals surface area contributed by atoms with E-state index in [1.54, 1.807) is 50.2 Å². The molecule has 0 aliphatic rings. The highest BCUT2D eigenvalue weighted by Gasteiger charge is 2.19. The topological polar surface area (TPSA) is 281 Å². The highest BCUT2D eigenvalue weighted by molar-refractivity contribution is 6.05. The number of azo groups is 2. The maximum Gasteiger partial charge on any atom is 0.338 e. The van der Waals surface area contributed by atoms with E-state index in [4.69, 9.17) is 0 Å². The van der Waals surface area contributed by atoms with Crippen molar-refractivity contribution in [3.63, 3.8) is 0 Å². The lowest BCUT2D eigenvalue weighted by Crippen LogP contribution is -2.15. The van der Waals surface area contributed by atoms with Crippen LogP contribution in [-0.4, -0.2) is 56.0 Å². The molecule has 4 amide bonds. The van der Waals surface area contributed by atoms with Gasteiger partial charge in [0.1, 0.15) is 22.9 Å². The third-order valence-electron chi connectivity index (χ3n) is 8.01. The van der Waals surface area contributed by atoms with Gasteiger partial charge in [-0.05, 0) is 111 Å². The Morgan fingerprint density at radius 3 is 1.14 bits per heavy atom. The maximum atomic E-state index is 13.2. The zero-order valence-electron chi connectivity index (χ0n) is 32.0. The molecule has 18 heteroatoms. The third kappa shape index (κ3) is 11.0. The fourth-order valence-electron chi connectivity index (χ4n) is 5.25. The number of aliphatic hydroxyl groups is 2. The van der Waals surface area contributed by atoms with Crippen molar-refractivity contribution in [1.29, 1.82) is 0 Å². The number of hydrogen-bond acceptors (Lipinski definition) is 12. The quantitative estimate of drug-likeness (QED) is 0.0364. The molecule has 18 nitrogen and oxygen atoms in total. The van der Waals surface area contributed by atoms with Crippen molar-refractivity contribution in [2.45, 2.75) is 41.5 Å². The third-order valence-corrected chi connectivity index (χ3v) is 8.01. The standard InChI is InChI=1S/C40H38N8O10/c1-19-15-25(7-11-31(19)43-37(53)35(21(3)49)47-45-33-13-9-27(41-23(5)51)17-29(33)39(55)56)26-8-12-32(20(2)16-26)44-38(54)36(22(4)50)48-46-34-14-10-28(42-24(6)52)18-30(34)40(57)58/h7-18,49-50H,1-6H3,(H,41,51)(H,42,52)(H,43,53)(H,44,54)(H,55,56)(H,57,58)/b35-21-,36-22-,47-45?,48-46?. The Labute approximate surface area is 330 Å². The Hall–Kier alpha value is -8.02. The van der Waals surface area contributed by atoms with Gasteiger partial charge < -0.3 is 41.7 Å². The Morgan fingerprint density at radius 2 is 0.845 bits per heavy atom. The Kier molecular flexibility index (Phi) is 13.7. The fraction of sp³-hybridized carbons (Fsp3) is 0.150. The lowest BCUT2D eigenvalue weighted by molar-refractivity contribution is -0.115. The number of allylic oxidation sites excluding steroid dienone is 2. The predicted octanol–water partition coefficient (Wildman–Crippen LogP) is 8.31. The SMILES string of the molecule is CC(=O)Nc1ccc(N=N/C(C(=O)Nc2ccc(-c3ccc(NC(=O)/C(N=Nc4ccc(NC(C)=O)cc4C(=O)O)=C(\C)O)c(C)c3)cc2C)=C(/C)O)c(C(=O)O)c1. The maximum absolute atomic E-state index is 13.2. The first kappa shape index (κ1) is 42.7. The van der Waals surface area contributed by atoms with Crippen molar-refractivity contribution in [3.8, 4) is 11.1 Å². The molecule has 8 N–H and O–H groups in total. The van der Waals surface area contributed by atoms with Gasteiger partial charge in [-0.1, -0.05) is 12.1 Å². The number of benzene rings is 4. The highest BCUT2D eigenvalue weighted by Crippen LogP contribution is 2.30. The molecule has 0 saturated carbocycles. The number of carbonyl (C=O) groups excluding carboxylic acids is 4. The van der Waals surface area contributed by atoms with Gasteiger partial charge in [0.2, 0.25) is 11.8 Å². The smallest absolute Gasteiger partial charge is 0.338 e. The average Bonchev–Trinajstić information content (AvgIpc) is 3.13. The second-order valence-electron chi connectivity index (χ2n) is 12.7. The minimum Gasteiger partial charge on any atom is -0.510 e. The highest BCUT2D eigenvalue weighted by atomic mass is 16.4. The number of nitrogens with zero attached hydrogens (tertiary/aromatic N) is 4. The Morgan fingerprint density at radius 1 is 0.483 bits per heavy atom. The van der Waals surface area contributed by atoms with Crippen molar-refractivity contribution < 1.29 is 49.2 Å². The van der Waals surface area contributed by atoms with Crippen LogP contribution in [0.5, 0.6) is 0 Å². The number of rotatable bonds is 13. The monoisotopic (exact) mass is 790 g/mol. The summed E-state index contributed by atoms with van der Waals surface area (Å²) >= 11 is 0. The van der Waals surface area contributed by atoms with Crippen molar-refractivity contribution >= 4 is 69.7 Å². The number of carbonyl (C=O) groups is 6. The van der Waals surface area contributed by atoms with E-state index in [9.17, 15) is 49.2 Å². The molecule has 0 aliphatic carbocycles. The van der Waals surface area contributed by atoms with E-state index in [-0.39, 0.29) is 33.9 Å². The number of aliphatic hydroxyl groups excluding tert-OH is 2. The van der Waals surface area contributed by atoms with Crippen LogP contribution in [0.3, 0.4) is 0 Å². The van der Waals surface area contributed by atoms with Crippen LogP contribution >= 0.6 is 0 Å². The van der Waals surface area contributed by atoms with Crippen molar-refractivity contribution in [3.05, 3.63) is 118 Å². The van der Waals surface area contributed by atoms with Gasteiger partial charge in [0.15, 0.2) is 11.4 Å². The van der Waals surface area contributed by atoms with Crippen molar-refractivity contribution in [1.82, 2.24) is 0 Å². The van der Waals surface area contributed by atoms with E-state index in [2.05, 4.69) is 41.7 Å². The van der Waals surface area contributed by atoms with Gasteiger partial charge in [0, 0.05) is 36.6 Å². The number of aryl methyl sites for hydroxylation is 2. The molecule has 298 valence electrons. The molecule has 0 spiro atoms. The molecule has 0 aliphatic heterocycles. The first-order valence-electron chi connectivity index (χ1n) is 17.1. The summed E-state index contributed by atoms with van der Waals surface area (Å²) in [6.07, 6.45) is 0. The Bertz CT molecular complexity index is 2310. The van der Waals surface area contributed by atoms with Crippen LogP contribution < -0.4 is 21.3 Å². The van der Waals surface area contributed by atoms with Crippen LogP contribution in [0.4, 0.5) is 34.1 Å². The summed E-state index contributed by atoms with van der Waals surface area (Å²) in [6.45, 7) is 8.45. The summed E-state index contributed by atoms with van der Waals surface area (Å²) in [6, 6.07) is 18.1. The zero-order chi connectivity index (χ0) is 42.8. The van der Waals surface area contributed by atoms with Crippen LogP contribution in [0, 0.1) is 13.8 Å². The summed E-state index contributed by atoms with van der Waals surface area (Å²) in [5.41, 5.74) is 2.14. The van der Waals surface area contributed by atoms with Crippen LogP contribution in [0.25, 0.3) is 11.1 Å². The van der Waals surface area contributed by atoms with Crippen molar-refractivity contribution in [2.24, 2.45) is 20.5 Å². The normalized spacial score (nSPS) is 12.0. The van der Waals surface area contributed by atoms with E-state index in [0.29, 0.717) is 22.5 Å². The van der Waals surface area contributed by atoms with E-state index in [0.717, 1.165) is 11.1 Å².